The predicted octanol–water partition coefficient (Wildman–Crippen LogP) is 2.57. The number of anilines is 1. The van der Waals surface area contributed by atoms with Crippen molar-refractivity contribution in [3.05, 3.63) is 48.3 Å². The first kappa shape index (κ1) is 14.6. The molecule has 0 bridgehead atoms. The van der Waals surface area contributed by atoms with E-state index in [1.165, 1.54) is 12.1 Å². The summed E-state index contributed by atoms with van der Waals surface area (Å²) < 4.78 is 15.4. The van der Waals surface area contributed by atoms with Crippen LogP contribution in [0, 0.1) is 5.82 Å². The summed E-state index contributed by atoms with van der Waals surface area (Å²) in [6, 6.07) is 4.51. The normalized spacial score (nSPS) is 13.8. The van der Waals surface area contributed by atoms with Gasteiger partial charge in [0, 0.05) is 32.0 Å². The molecule has 1 aliphatic heterocycles. The van der Waals surface area contributed by atoms with Crippen molar-refractivity contribution in [1.29, 1.82) is 0 Å². The van der Waals surface area contributed by atoms with Gasteiger partial charge in [0.25, 0.3) is 0 Å². The SMILES string of the molecule is O=C(NCCCn1ccnc1)N1CCCc2ccc(F)cc21. The third kappa shape index (κ3) is 3.27. The van der Waals surface area contributed by atoms with Crippen molar-refractivity contribution in [2.75, 3.05) is 18.0 Å². The average molecular weight is 302 g/mol. The van der Waals surface area contributed by atoms with Gasteiger partial charge in [-0.2, -0.15) is 0 Å². The predicted molar refractivity (Wildman–Crippen MR) is 82.3 cm³/mol. The second-order valence-corrected chi connectivity index (χ2v) is 5.41. The Morgan fingerprint density at radius 3 is 3.14 bits per heavy atom. The van der Waals surface area contributed by atoms with Gasteiger partial charge in [-0.05, 0) is 37.0 Å². The fourth-order valence-corrected chi connectivity index (χ4v) is 2.73. The van der Waals surface area contributed by atoms with Crippen LogP contribution in [-0.2, 0) is 13.0 Å². The van der Waals surface area contributed by atoms with Crippen molar-refractivity contribution in [3.63, 3.8) is 0 Å². The number of imidazole rings is 1. The van der Waals surface area contributed by atoms with E-state index in [0.717, 1.165) is 31.4 Å². The number of hydrogen-bond acceptors (Lipinski definition) is 2. The Labute approximate surface area is 128 Å². The molecule has 1 N–H and O–H groups in total. The van der Waals surface area contributed by atoms with Crippen LogP contribution >= 0.6 is 0 Å². The van der Waals surface area contributed by atoms with Crippen LogP contribution in [0.3, 0.4) is 0 Å². The van der Waals surface area contributed by atoms with Gasteiger partial charge in [0.15, 0.2) is 0 Å². The lowest BCUT2D eigenvalue weighted by molar-refractivity contribution is 0.245. The maximum absolute atomic E-state index is 13.4. The summed E-state index contributed by atoms with van der Waals surface area (Å²) in [5, 5.41) is 2.91. The zero-order valence-corrected chi connectivity index (χ0v) is 12.3. The smallest absolute Gasteiger partial charge is 0.321 e. The minimum Gasteiger partial charge on any atom is -0.338 e. The van der Waals surface area contributed by atoms with Crippen LogP contribution in [0.25, 0.3) is 0 Å². The van der Waals surface area contributed by atoms with E-state index < -0.39 is 0 Å². The number of benzene rings is 1. The molecule has 22 heavy (non-hydrogen) atoms. The Morgan fingerprint density at radius 1 is 1.41 bits per heavy atom. The van der Waals surface area contributed by atoms with Crippen molar-refractivity contribution < 1.29 is 9.18 Å². The second kappa shape index (κ2) is 6.60. The third-order valence-electron chi connectivity index (χ3n) is 3.84. The van der Waals surface area contributed by atoms with Crippen molar-refractivity contribution >= 4 is 11.7 Å². The molecule has 0 saturated carbocycles. The quantitative estimate of drug-likeness (QED) is 0.883. The molecule has 2 aromatic rings. The van der Waals surface area contributed by atoms with Crippen LogP contribution in [0.5, 0.6) is 0 Å². The standard InChI is InChI=1S/C16H19FN4O/c17-14-5-4-13-3-1-9-21(15(13)11-14)16(22)19-6-2-8-20-10-7-18-12-20/h4-5,7,10-12H,1-3,6,8-9H2,(H,19,22). The molecule has 0 aliphatic carbocycles. The molecule has 2 heterocycles. The third-order valence-corrected chi connectivity index (χ3v) is 3.84. The maximum Gasteiger partial charge on any atom is 0.321 e. The summed E-state index contributed by atoms with van der Waals surface area (Å²) in [6.45, 7) is 2.02. The van der Waals surface area contributed by atoms with Crippen LogP contribution in [-0.4, -0.2) is 28.7 Å². The molecule has 0 spiro atoms. The van der Waals surface area contributed by atoms with Gasteiger partial charge >= 0.3 is 6.03 Å². The zero-order chi connectivity index (χ0) is 15.4. The number of carbonyl (C=O) groups is 1. The van der Waals surface area contributed by atoms with E-state index in [9.17, 15) is 9.18 Å². The zero-order valence-electron chi connectivity index (χ0n) is 12.3. The molecule has 3 rings (SSSR count). The number of nitrogens with zero attached hydrogens (tertiary/aromatic N) is 3. The van der Waals surface area contributed by atoms with Gasteiger partial charge < -0.3 is 9.88 Å². The summed E-state index contributed by atoms with van der Waals surface area (Å²) in [7, 11) is 0. The molecule has 0 atom stereocenters. The number of aromatic nitrogens is 2. The van der Waals surface area contributed by atoms with Gasteiger partial charge in [0.2, 0.25) is 0 Å². The molecule has 1 aromatic heterocycles. The fraction of sp³-hybridized carbons (Fsp3) is 0.375. The largest absolute Gasteiger partial charge is 0.338 e. The van der Waals surface area contributed by atoms with Crippen LogP contribution in [0.1, 0.15) is 18.4 Å². The Bertz CT molecular complexity index is 642. The molecular weight excluding hydrogens is 283 g/mol. The molecule has 0 radical (unpaired) electrons. The van der Waals surface area contributed by atoms with Crippen LogP contribution in [0.15, 0.2) is 36.9 Å². The highest BCUT2D eigenvalue weighted by Crippen LogP contribution is 2.27. The lowest BCUT2D eigenvalue weighted by atomic mass is 10.0. The maximum atomic E-state index is 13.4. The van der Waals surface area contributed by atoms with Crippen LogP contribution < -0.4 is 10.2 Å². The molecule has 0 fully saturated rings. The van der Waals surface area contributed by atoms with Gasteiger partial charge in [0.1, 0.15) is 5.82 Å². The number of urea groups is 1. The Balaban J connectivity index is 1.56. The van der Waals surface area contributed by atoms with Crippen LogP contribution in [0.4, 0.5) is 14.9 Å². The fourth-order valence-electron chi connectivity index (χ4n) is 2.73. The summed E-state index contributed by atoms with van der Waals surface area (Å²) in [5.41, 5.74) is 1.72. The molecule has 0 unspecified atom stereocenters. The average Bonchev–Trinajstić information content (AvgIpc) is 3.04. The van der Waals surface area contributed by atoms with E-state index in [0.29, 0.717) is 18.8 Å². The number of carbonyl (C=O) groups excluding carboxylic acids is 1. The number of fused-ring (bicyclic) bond motifs is 1. The Hall–Kier alpha value is -2.37. The first-order valence-corrected chi connectivity index (χ1v) is 7.53. The van der Waals surface area contributed by atoms with Crippen molar-refractivity contribution in [3.8, 4) is 0 Å². The van der Waals surface area contributed by atoms with Crippen LogP contribution in [0.2, 0.25) is 0 Å². The van der Waals surface area contributed by atoms with Gasteiger partial charge in [-0.1, -0.05) is 6.07 Å². The summed E-state index contributed by atoms with van der Waals surface area (Å²) >= 11 is 0. The van der Waals surface area contributed by atoms with E-state index in [-0.39, 0.29) is 11.8 Å². The molecule has 2 amide bonds. The summed E-state index contributed by atoms with van der Waals surface area (Å²) in [6.07, 6.45) is 8.00. The summed E-state index contributed by atoms with van der Waals surface area (Å²) in [4.78, 5) is 17.9. The first-order chi connectivity index (χ1) is 10.7. The molecule has 6 heteroatoms. The molecule has 116 valence electrons. The number of rotatable bonds is 4. The molecule has 0 saturated heterocycles. The van der Waals surface area contributed by atoms with Gasteiger partial charge in [0.05, 0.1) is 12.0 Å². The second-order valence-electron chi connectivity index (χ2n) is 5.41. The number of hydrogen-bond donors (Lipinski definition) is 1. The number of nitrogens with one attached hydrogen (secondary N) is 1. The van der Waals surface area contributed by atoms with Crippen molar-refractivity contribution in [2.24, 2.45) is 0 Å². The van der Waals surface area contributed by atoms with E-state index in [4.69, 9.17) is 0 Å². The van der Waals surface area contributed by atoms with E-state index >= 15 is 0 Å². The van der Waals surface area contributed by atoms with Gasteiger partial charge in [-0.3, -0.25) is 4.90 Å². The first-order valence-electron chi connectivity index (χ1n) is 7.53. The molecule has 5 nitrogen and oxygen atoms in total. The lowest BCUT2D eigenvalue weighted by Crippen LogP contribution is -2.43. The Morgan fingerprint density at radius 2 is 2.32 bits per heavy atom. The van der Waals surface area contributed by atoms with Gasteiger partial charge in [-0.15, -0.1) is 0 Å². The van der Waals surface area contributed by atoms with Crippen molar-refractivity contribution in [1.82, 2.24) is 14.9 Å². The van der Waals surface area contributed by atoms with Crippen molar-refractivity contribution in [2.45, 2.75) is 25.8 Å². The van der Waals surface area contributed by atoms with E-state index in [1.807, 2.05) is 10.8 Å². The monoisotopic (exact) mass is 302 g/mol. The highest BCUT2D eigenvalue weighted by molar-refractivity contribution is 5.93. The minimum absolute atomic E-state index is 0.155. The number of aryl methyl sites for hydroxylation is 2. The number of halogens is 1. The molecule has 1 aliphatic rings. The van der Waals surface area contributed by atoms with E-state index in [2.05, 4.69) is 10.3 Å². The molecular formula is C16H19FN4O. The van der Waals surface area contributed by atoms with Gasteiger partial charge in [-0.25, -0.2) is 14.2 Å². The highest BCUT2D eigenvalue weighted by Gasteiger charge is 2.22. The summed E-state index contributed by atoms with van der Waals surface area (Å²) in [5.74, 6) is -0.307. The van der Waals surface area contributed by atoms with E-state index in [1.54, 1.807) is 23.5 Å². The Kier molecular flexibility index (Phi) is 4.37. The lowest BCUT2D eigenvalue weighted by Gasteiger charge is -2.29. The highest BCUT2D eigenvalue weighted by atomic mass is 19.1. The number of amides is 2. The molecule has 1 aromatic carbocycles. The minimum atomic E-state index is -0.307. The topological polar surface area (TPSA) is 50.2 Å².